The molecule has 2 aliphatic rings. The minimum absolute atomic E-state index is 0.0502. The van der Waals surface area contributed by atoms with Crippen molar-refractivity contribution < 1.29 is 4.74 Å². The maximum atomic E-state index is 12.0. The van der Waals surface area contributed by atoms with E-state index >= 15 is 0 Å². The van der Waals surface area contributed by atoms with Gasteiger partial charge in [0, 0.05) is 18.8 Å². The van der Waals surface area contributed by atoms with Crippen LogP contribution >= 0.6 is 0 Å². The largest absolute Gasteiger partial charge is 0.394 e. The third-order valence-corrected chi connectivity index (χ3v) is 4.45. The molecule has 4 nitrogen and oxygen atoms in total. The molecule has 4 heteroatoms. The number of anilines is 1. The van der Waals surface area contributed by atoms with Crippen LogP contribution in [0.5, 0.6) is 0 Å². The Bertz CT molecular complexity index is 479. The molecule has 1 saturated heterocycles. The minimum atomic E-state index is -0.0502. The SMILES string of the molecule is Nc1cccn([C@H]2CC[C@@]3(CCCO3)CC2)c1=O. The van der Waals surface area contributed by atoms with Gasteiger partial charge in [0.25, 0.3) is 5.56 Å². The molecule has 0 atom stereocenters. The standard InChI is InChI=1S/C14H20N2O2/c15-12-3-1-9-16(13(12)17)11-4-7-14(8-5-11)6-2-10-18-14/h1,3,9,11H,2,4-8,10,15H2/t11-,14-. The number of nitrogens with two attached hydrogens (primary N) is 1. The Morgan fingerprint density at radius 3 is 2.78 bits per heavy atom. The van der Waals surface area contributed by atoms with Crippen molar-refractivity contribution in [3.63, 3.8) is 0 Å². The zero-order valence-electron chi connectivity index (χ0n) is 10.6. The molecule has 1 aliphatic carbocycles. The van der Waals surface area contributed by atoms with Crippen LogP contribution < -0.4 is 11.3 Å². The molecule has 0 aromatic carbocycles. The fourth-order valence-corrected chi connectivity index (χ4v) is 3.37. The van der Waals surface area contributed by atoms with Crippen LogP contribution in [-0.2, 0) is 4.74 Å². The van der Waals surface area contributed by atoms with Crippen LogP contribution in [0, 0.1) is 0 Å². The zero-order chi connectivity index (χ0) is 12.6. The second-order valence-corrected chi connectivity index (χ2v) is 5.54. The summed E-state index contributed by atoms with van der Waals surface area (Å²) in [7, 11) is 0. The fraction of sp³-hybridized carbons (Fsp3) is 0.643. The molecule has 1 aromatic heterocycles. The molecule has 1 saturated carbocycles. The van der Waals surface area contributed by atoms with E-state index in [1.54, 1.807) is 10.6 Å². The molecular formula is C14H20N2O2. The van der Waals surface area contributed by atoms with Gasteiger partial charge < -0.3 is 15.0 Å². The lowest BCUT2D eigenvalue weighted by molar-refractivity contribution is -0.0334. The van der Waals surface area contributed by atoms with Crippen molar-refractivity contribution in [3.05, 3.63) is 28.7 Å². The zero-order valence-corrected chi connectivity index (χ0v) is 10.6. The van der Waals surface area contributed by atoms with Crippen LogP contribution in [0.1, 0.15) is 44.6 Å². The van der Waals surface area contributed by atoms with Crippen LogP contribution in [0.2, 0.25) is 0 Å². The number of pyridine rings is 1. The molecule has 0 radical (unpaired) electrons. The van der Waals surface area contributed by atoms with Crippen LogP contribution in [0.3, 0.4) is 0 Å². The lowest BCUT2D eigenvalue weighted by Gasteiger charge is -2.37. The number of nitrogens with zero attached hydrogens (tertiary/aromatic N) is 1. The molecule has 1 aromatic rings. The Morgan fingerprint density at radius 1 is 1.33 bits per heavy atom. The van der Waals surface area contributed by atoms with E-state index in [9.17, 15) is 4.79 Å². The van der Waals surface area contributed by atoms with Gasteiger partial charge in [0.15, 0.2) is 0 Å². The molecule has 2 fully saturated rings. The smallest absolute Gasteiger partial charge is 0.273 e. The summed E-state index contributed by atoms with van der Waals surface area (Å²) < 4.78 is 7.71. The second kappa shape index (κ2) is 4.43. The number of nitrogen functional groups attached to an aromatic ring is 1. The van der Waals surface area contributed by atoms with Gasteiger partial charge in [0.05, 0.1) is 11.3 Å². The Balaban J connectivity index is 1.76. The average Bonchev–Trinajstić information content (AvgIpc) is 2.83. The van der Waals surface area contributed by atoms with Gasteiger partial charge in [-0.3, -0.25) is 4.79 Å². The van der Waals surface area contributed by atoms with Gasteiger partial charge >= 0.3 is 0 Å². The first-order valence-corrected chi connectivity index (χ1v) is 6.81. The van der Waals surface area contributed by atoms with Crippen molar-refractivity contribution in [2.45, 2.75) is 50.2 Å². The van der Waals surface area contributed by atoms with Gasteiger partial charge in [0.1, 0.15) is 0 Å². The van der Waals surface area contributed by atoms with Gasteiger partial charge in [0.2, 0.25) is 0 Å². The summed E-state index contributed by atoms with van der Waals surface area (Å²) in [6, 6.07) is 3.81. The number of hydrogen-bond donors (Lipinski definition) is 1. The third-order valence-electron chi connectivity index (χ3n) is 4.45. The van der Waals surface area contributed by atoms with E-state index in [2.05, 4.69) is 0 Å². The summed E-state index contributed by atoms with van der Waals surface area (Å²) in [5.41, 5.74) is 6.10. The normalized spacial score (nSPS) is 31.9. The van der Waals surface area contributed by atoms with Crippen LogP contribution in [0.15, 0.2) is 23.1 Å². The van der Waals surface area contributed by atoms with Crippen molar-refractivity contribution >= 4 is 5.69 Å². The molecule has 1 spiro atoms. The molecular weight excluding hydrogens is 228 g/mol. The molecule has 98 valence electrons. The predicted octanol–water partition coefficient (Wildman–Crippen LogP) is 2.09. The van der Waals surface area contributed by atoms with Gasteiger partial charge in [-0.05, 0) is 50.7 Å². The Morgan fingerprint density at radius 2 is 2.11 bits per heavy atom. The first-order valence-electron chi connectivity index (χ1n) is 6.81. The number of rotatable bonds is 1. The molecule has 0 unspecified atom stereocenters. The first kappa shape index (κ1) is 11.8. The van der Waals surface area contributed by atoms with Crippen molar-refractivity contribution in [1.29, 1.82) is 0 Å². The van der Waals surface area contributed by atoms with Crippen molar-refractivity contribution in [2.75, 3.05) is 12.3 Å². The third kappa shape index (κ3) is 1.94. The topological polar surface area (TPSA) is 57.2 Å². The number of ether oxygens (including phenoxy) is 1. The van der Waals surface area contributed by atoms with E-state index in [-0.39, 0.29) is 17.2 Å². The highest BCUT2D eigenvalue weighted by Crippen LogP contribution is 2.42. The van der Waals surface area contributed by atoms with Gasteiger partial charge in [-0.1, -0.05) is 0 Å². The molecule has 2 heterocycles. The highest BCUT2D eigenvalue weighted by molar-refractivity contribution is 5.33. The molecule has 0 bridgehead atoms. The van der Waals surface area contributed by atoms with Crippen LogP contribution in [0.25, 0.3) is 0 Å². The number of hydrogen-bond acceptors (Lipinski definition) is 3. The summed E-state index contributed by atoms with van der Waals surface area (Å²) in [4.78, 5) is 12.0. The summed E-state index contributed by atoms with van der Waals surface area (Å²) >= 11 is 0. The van der Waals surface area contributed by atoms with Crippen molar-refractivity contribution in [1.82, 2.24) is 4.57 Å². The van der Waals surface area contributed by atoms with Gasteiger partial charge in [-0.2, -0.15) is 0 Å². The lowest BCUT2D eigenvalue weighted by Crippen LogP contribution is -2.36. The van der Waals surface area contributed by atoms with Gasteiger partial charge in [-0.15, -0.1) is 0 Å². The summed E-state index contributed by atoms with van der Waals surface area (Å²) in [5.74, 6) is 0. The second-order valence-electron chi connectivity index (χ2n) is 5.54. The quantitative estimate of drug-likeness (QED) is 0.828. The van der Waals surface area contributed by atoms with E-state index in [1.165, 1.54) is 12.8 Å². The Hall–Kier alpha value is -1.29. The summed E-state index contributed by atoms with van der Waals surface area (Å²) in [6.45, 7) is 0.906. The van der Waals surface area contributed by atoms with E-state index in [0.717, 1.165) is 32.3 Å². The predicted molar refractivity (Wildman–Crippen MR) is 70.5 cm³/mol. The maximum absolute atomic E-state index is 12.0. The van der Waals surface area contributed by atoms with Crippen molar-refractivity contribution in [3.8, 4) is 0 Å². The fourth-order valence-electron chi connectivity index (χ4n) is 3.37. The maximum Gasteiger partial charge on any atom is 0.273 e. The Kier molecular flexibility index (Phi) is 2.90. The monoisotopic (exact) mass is 248 g/mol. The molecule has 2 N–H and O–H groups in total. The minimum Gasteiger partial charge on any atom is -0.394 e. The van der Waals surface area contributed by atoms with E-state index in [4.69, 9.17) is 10.5 Å². The van der Waals surface area contributed by atoms with Gasteiger partial charge in [-0.25, -0.2) is 0 Å². The van der Waals surface area contributed by atoms with Crippen LogP contribution in [0.4, 0.5) is 5.69 Å². The molecule has 1 aliphatic heterocycles. The molecule has 18 heavy (non-hydrogen) atoms. The summed E-state index contributed by atoms with van der Waals surface area (Å²) in [5, 5.41) is 0. The highest BCUT2D eigenvalue weighted by atomic mass is 16.5. The summed E-state index contributed by atoms with van der Waals surface area (Å²) in [6.07, 6.45) is 8.40. The molecule has 3 rings (SSSR count). The first-order chi connectivity index (χ1) is 8.70. The molecule has 0 amide bonds. The van der Waals surface area contributed by atoms with E-state index in [0.29, 0.717) is 5.69 Å². The highest BCUT2D eigenvalue weighted by Gasteiger charge is 2.39. The average molecular weight is 248 g/mol. The van der Waals surface area contributed by atoms with Crippen molar-refractivity contribution in [2.24, 2.45) is 0 Å². The number of aromatic nitrogens is 1. The lowest BCUT2D eigenvalue weighted by atomic mass is 9.80. The van der Waals surface area contributed by atoms with Crippen LogP contribution in [-0.4, -0.2) is 16.8 Å². The van der Waals surface area contributed by atoms with E-state index < -0.39 is 0 Å². The Labute approximate surface area is 107 Å². The van der Waals surface area contributed by atoms with E-state index in [1.807, 2.05) is 12.3 Å².